The van der Waals surface area contributed by atoms with Gasteiger partial charge in [0.05, 0.1) is 0 Å². The van der Waals surface area contributed by atoms with E-state index in [0.29, 0.717) is 18.0 Å². The van der Waals surface area contributed by atoms with Crippen molar-refractivity contribution in [2.45, 2.75) is 13.3 Å². The topological polar surface area (TPSA) is 43.9 Å². The summed E-state index contributed by atoms with van der Waals surface area (Å²) in [6, 6.07) is 7.13. The molecule has 0 N–H and O–H groups in total. The molecule has 22 heavy (non-hydrogen) atoms. The first-order valence-corrected chi connectivity index (χ1v) is 7.85. The summed E-state index contributed by atoms with van der Waals surface area (Å²) in [4.78, 5) is 29.8. The minimum absolute atomic E-state index is 0.0894. The molecule has 1 aromatic carbocycles. The summed E-state index contributed by atoms with van der Waals surface area (Å²) < 4.78 is 0. The Hall–Kier alpha value is -1.59. The summed E-state index contributed by atoms with van der Waals surface area (Å²) in [6.07, 6.45) is 0.329. The molecular weight excluding hydrogens is 302 g/mol. The Labute approximate surface area is 136 Å². The van der Waals surface area contributed by atoms with Crippen molar-refractivity contribution in [3.8, 4) is 0 Å². The molecule has 0 aliphatic carbocycles. The van der Waals surface area contributed by atoms with Crippen LogP contribution >= 0.6 is 11.6 Å². The third-order valence-corrected chi connectivity index (χ3v) is 4.14. The molecule has 1 saturated heterocycles. The molecule has 0 atom stereocenters. The maximum absolute atomic E-state index is 12.3. The Morgan fingerprint density at radius 2 is 1.91 bits per heavy atom. The number of nitrogens with zero attached hydrogens (tertiary/aromatic N) is 3. The molecule has 0 spiro atoms. The van der Waals surface area contributed by atoms with E-state index in [-0.39, 0.29) is 11.8 Å². The average molecular weight is 324 g/mol. The zero-order valence-electron chi connectivity index (χ0n) is 13.1. The van der Waals surface area contributed by atoms with Gasteiger partial charge >= 0.3 is 0 Å². The van der Waals surface area contributed by atoms with Gasteiger partial charge in [-0.05, 0) is 25.2 Å². The number of hydrogen-bond acceptors (Lipinski definition) is 3. The maximum Gasteiger partial charge on any atom is 0.224 e. The molecule has 0 radical (unpaired) electrons. The lowest BCUT2D eigenvalue weighted by molar-refractivity contribution is -0.132. The van der Waals surface area contributed by atoms with Crippen LogP contribution in [0, 0.1) is 0 Å². The Kier molecular flexibility index (Phi) is 5.80. The highest BCUT2D eigenvalue weighted by atomic mass is 35.5. The maximum atomic E-state index is 12.3. The molecule has 0 unspecified atom stereocenters. The van der Waals surface area contributed by atoms with Crippen molar-refractivity contribution in [1.29, 1.82) is 0 Å². The normalized spacial score (nSPS) is 15.7. The minimum Gasteiger partial charge on any atom is -0.340 e. The second-order valence-electron chi connectivity index (χ2n) is 5.58. The van der Waals surface area contributed by atoms with Crippen molar-refractivity contribution in [3.63, 3.8) is 0 Å². The van der Waals surface area contributed by atoms with Crippen LogP contribution in [0.2, 0.25) is 5.02 Å². The minimum atomic E-state index is -0.0894. The number of carbonyl (C=O) groups excluding carboxylic acids is 2. The quantitative estimate of drug-likeness (QED) is 0.849. The molecular formula is C16H22ClN3O2. The van der Waals surface area contributed by atoms with Crippen LogP contribution in [0.1, 0.15) is 13.3 Å². The third-order valence-electron chi connectivity index (χ3n) is 3.91. The molecule has 2 amide bonds. The number of halogens is 1. The first-order chi connectivity index (χ1) is 10.5. The first-order valence-electron chi connectivity index (χ1n) is 7.47. The SMILES string of the molecule is CC(=O)N(CCC(=O)N1CCN(C)CC1)c1cccc(Cl)c1. The van der Waals surface area contributed by atoms with Gasteiger partial charge in [0.2, 0.25) is 11.8 Å². The molecule has 0 bridgehead atoms. The summed E-state index contributed by atoms with van der Waals surface area (Å²) in [7, 11) is 2.05. The number of benzene rings is 1. The third kappa shape index (κ3) is 4.45. The van der Waals surface area contributed by atoms with Gasteiger partial charge in [-0.15, -0.1) is 0 Å². The molecule has 1 aliphatic rings. The van der Waals surface area contributed by atoms with Crippen molar-refractivity contribution in [3.05, 3.63) is 29.3 Å². The van der Waals surface area contributed by atoms with Crippen molar-refractivity contribution in [2.75, 3.05) is 44.7 Å². The molecule has 1 heterocycles. The van der Waals surface area contributed by atoms with Gasteiger partial charge in [-0.3, -0.25) is 9.59 Å². The fourth-order valence-electron chi connectivity index (χ4n) is 2.53. The number of rotatable bonds is 4. The van der Waals surface area contributed by atoms with Crippen LogP contribution in [0.4, 0.5) is 5.69 Å². The standard InChI is InChI=1S/C16H22ClN3O2/c1-13(21)20(15-5-3-4-14(17)12-15)7-6-16(22)19-10-8-18(2)9-11-19/h3-5,12H,6-11H2,1-2H3. The fourth-order valence-corrected chi connectivity index (χ4v) is 2.72. The summed E-state index contributed by atoms with van der Waals surface area (Å²) in [5.41, 5.74) is 0.728. The molecule has 0 aromatic heterocycles. The summed E-state index contributed by atoms with van der Waals surface area (Å²) in [6.45, 7) is 5.19. The lowest BCUT2D eigenvalue weighted by Gasteiger charge is -2.33. The predicted molar refractivity (Wildman–Crippen MR) is 88.2 cm³/mol. The molecule has 0 saturated carbocycles. The number of hydrogen-bond donors (Lipinski definition) is 0. The van der Waals surface area contributed by atoms with E-state index in [9.17, 15) is 9.59 Å². The van der Waals surface area contributed by atoms with E-state index in [4.69, 9.17) is 11.6 Å². The fraction of sp³-hybridized carbons (Fsp3) is 0.500. The Morgan fingerprint density at radius 3 is 2.50 bits per heavy atom. The van der Waals surface area contributed by atoms with E-state index in [0.717, 1.165) is 31.9 Å². The van der Waals surface area contributed by atoms with Crippen LogP contribution in [0.3, 0.4) is 0 Å². The number of anilines is 1. The predicted octanol–water partition coefficient (Wildman–Crippen LogP) is 1.86. The van der Waals surface area contributed by atoms with Crippen LogP contribution in [0.15, 0.2) is 24.3 Å². The van der Waals surface area contributed by atoms with Gasteiger partial charge in [0.25, 0.3) is 0 Å². The van der Waals surface area contributed by atoms with Crippen molar-refractivity contribution in [2.24, 2.45) is 0 Å². The van der Waals surface area contributed by atoms with Crippen molar-refractivity contribution in [1.82, 2.24) is 9.80 Å². The van der Waals surface area contributed by atoms with E-state index in [1.165, 1.54) is 6.92 Å². The largest absolute Gasteiger partial charge is 0.340 e. The lowest BCUT2D eigenvalue weighted by atomic mass is 10.2. The van der Waals surface area contributed by atoms with Gasteiger partial charge < -0.3 is 14.7 Å². The number of amides is 2. The smallest absolute Gasteiger partial charge is 0.224 e. The molecule has 5 nitrogen and oxygen atoms in total. The van der Waals surface area contributed by atoms with Crippen LogP contribution in [-0.2, 0) is 9.59 Å². The number of piperazine rings is 1. The average Bonchev–Trinajstić information content (AvgIpc) is 2.47. The highest BCUT2D eigenvalue weighted by molar-refractivity contribution is 6.30. The van der Waals surface area contributed by atoms with Crippen molar-refractivity contribution >= 4 is 29.1 Å². The van der Waals surface area contributed by atoms with E-state index in [1.54, 1.807) is 23.1 Å². The Morgan fingerprint density at radius 1 is 1.23 bits per heavy atom. The van der Waals surface area contributed by atoms with Crippen LogP contribution in [-0.4, -0.2) is 61.4 Å². The van der Waals surface area contributed by atoms with Crippen LogP contribution < -0.4 is 4.90 Å². The molecule has 1 aliphatic heterocycles. The Bertz CT molecular complexity index is 542. The van der Waals surface area contributed by atoms with Crippen LogP contribution in [0.5, 0.6) is 0 Å². The molecule has 1 aromatic rings. The van der Waals surface area contributed by atoms with E-state index in [1.807, 2.05) is 11.0 Å². The highest BCUT2D eigenvalue weighted by Gasteiger charge is 2.20. The van der Waals surface area contributed by atoms with Gasteiger partial charge in [-0.2, -0.15) is 0 Å². The van der Waals surface area contributed by atoms with Gasteiger partial charge in [0.15, 0.2) is 0 Å². The van der Waals surface area contributed by atoms with Gasteiger partial charge in [0.1, 0.15) is 0 Å². The van der Waals surface area contributed by atoms with Gasteiger partial charge in [-0.1, -0.05) is 17.7 Å². The first kappa shape index (κ1) is 16.8. The van der Waals surface area contributed by atoms with E-state index in [2.05, 4.69) is 11.9 Å². The second kappa shape index (κ2) is 7.61. The zero-order valence-corrected chi connectivity index (χ0v) is 13.8. The molecule has 6 heteroatoms. The molecule has 120 valence electrons. The van der Waals surface area contributed by atoms with E-state index < -0.39 is 0 Å². The van der Waals surface area contributed by atoms with Gasteiger partial charge in [-0.25, -0.2) is 0 Å². The Balaban J connectivity index is 1.95. The number of likely N-dealkylation sites (N-methyl/N-ethyl adjacent to an activating group) is 1. The lowest BCUT2D eigenvalue weighted by Crippen LogP contribution is -2.47. The second-order valence-corrected chi connectivity index (χ2v) is 6.02. The summed E-state index contributed by atoms with van der Waals surface area (Å²) in [5, 5.41) is 0.578. The highest BCUT2D eigenvalue weighted by Crippen LogP contribution is 2.20. The van der Waals surface area contributed by atoms with Crippen molar-refractivity contribution < 1.29 is 9.59 Å². The molecule has 2 rings (SSSR count). The molecule has 1 fully saturated rings. The zero-order chi connectivity index (χ0) is 16.1. The monoisotopic (exact) mass is 323 g/mol. The van der Waals surface area contributed by atoms with E-state index >= 15 is 0 Å². The summed E-state index contributed by atoms with van der Waals surface area (Å²) >= 11 is 5.97. The number of carbonyl (C=O) groups is 2. The summed E-state index contributed by atoms with van der Waals surface area (Å²) in [5.74, 6) is 0.00909. The van der Waals surface area contributed by atoms with Gasteiger partial charge in [0, 0.05) is 56.8 Å². The van der Waals surface area contributed by atoms with Crippen LogP contribution in [0.25, 0.3) is 0 Å².